The van der Waals surface area contributed by atoms with Crippen LogP contribution in [0.15, 0.2) is 0 Å². The molecule has 0 aromatic heterocycles. The first-order valence-electron chi connectivity index (χ1n) is 3.18. The number of aliphatic hydroxyl groups is 1. The topological polar surface area (TPSA) is 20.2 Å². The van der Waals surface area contributed by atoms with Crippen LogP contribution in [0.5, 0.6) is 0 Å². The summed E-state index contributed by atoms with van der Waals surface area (Å²) in [4.78, 5) is 0. The first-order valence-corrected chi connectivity index (χ1v) is 4.49. The molecule has 0 aliphatic heterocycles. The summed E-state index contributed by atoms with van der Waals surface area (Å²) >= 11 is 14.4. The second-order valence-electron chi connectivity index (χ2n) is 1.68. The maximum atomic E-state index is 8.20. The van der Waals surface area contributed by atoms with Crippen LogP contribution in [0.25, 0.3) is 0 Å². The van der Waals surface area contributed by atoms with Gasteiger partial charge in [0.15, 0.2) is 4.30 Å². The van der Waals surface area contributed by atoms with Gasteiger partial charge in [-0.3, -0.25) is 0 Å². The fourth-order valence-corrected chi connectivity index (χ4v) is 0.362. The molecule has 0 aromatic carbocycles. The molecule has 10 heavy (non-hydrogen) atoms. The zero-order chi connectivity index (χ0) is 8.41. The molecule has 0 fully saturated rings. The third-order valence-electron chi connectivity index (χ3n) is 0.762. The van der Waals surface area contributed by atoms with Crippen molar-refractivity contribution in [1.29, 1.82) is 0 Å². The van der Waals surface area contributed by atoms with Crippen LogP contribution < -0.4 is 0 Å². The van der Waals surface area contributed by atoms with Gasteiger partial charge in [-0.1, -0.05) is 54.6 Å². The van der Waals surface area contributed by atoms with Gasteiger partial charge in [0.2, 0.25) is 0 Å². The number of aliphatic hydroxyl groups excluding tert-OH is 1. The molecular weight excluding hydrogens is 194 g/mol. The van der Waals surface area contributed by atoms with E-state index < -0.39 is 4.30 Å². The smallest absolute Gasteiger partial charge is 0.180 e. The highest BCUT2D eigenvalue weighted by Crippen LogP contribution is 2.03. The highest BCUT2D eigenvalue weighted by Gasteiger charge is 1.79. The van der Waals surface area contributed by atoms with Gasteiger partial charge >= 0.3 is 0 Å². The summed E-state index contributed by atoms with van der Waals surface area (Å²) in [5.41, 5.74) is 0. The third-order valence-corrected chi connectivity index (χ3v) is 0.762. The zero-order valence-electron chi connectivity index (χ0n) is 5.99. The third kappa shape index (κ3) is 36.9. The Morgan fingerprint density at radius 2 is 1.60 bits per heavy atom. The van der Waals surface area contributed by atoms with Gasteiger partial charge in [-0.2, -0.15) is 0 Å². The van der Waals surface area contributed by atoms with E-state index >= 15 is 0 Å². The molecule has 4 heteroatoms. The van der Waals surface area contributed by atoms with E-state index in [0.717, 1.165) is 12.8 Å². The van der Waals surface area contributed by atoms with Crippen LogP contribution >= 0.6 is 34.8 Å². The van der Waals surface area contributed by atoms with E-state index in [1.54, 1.807) is 0 Å². The van der Waals surface area contributed by atoms with Gasteiger partial charge in [-0.05, 0) is 6.42 Å². The van der Waals surface area contributed by atoms with E-state index in [0.29, 0.717) is 6.61 Å². The van der Waals surface area contributed by atoms with Gasteiger partial charge < -0.3 is 5.11 Å². The highest BCUT2D eigenvalue weighted by molar-refractivity contribution is 6.63. The molecular formula is C6H13Cl3O. The highest BCUT2D eigenvalue weighted by atomic mass is 35.6. The lowest BCUT2D eigenvalue weighted by atomic mass is 10.3. The van der Waals surface area contributed by atoms with E-state index in [9.17, 15) is 0 Å². The van der Waals surface area contributed by atoms with Crippen LogP contribution in [0.4, 0.5) is 0 Å². The molecule has 1 nitrogen and oxygen atoms in total. The molecule has 0 saturated heterocycles. The molecule has 0 heterocycles. The summed E-state index contributed by atoms with van der Waals surface area (Å²) in [6.07, 6.45) is 3.33. The average Bonchev–Trinajstić information content (AvgIpc) is 1.82. The predicted octanol–water partition coefficient (Wildman–Crippen LogP) is 3.16. The Balaban J connectivity index is 0. The van der Waals surface area contributed by atoms with Gasteiger partial charge in [0, 0.05) is 6.61 Å². The minimum Gasteiger partial charge on any atom is -0.396 e. The van der Waals surface area contributed by atoms with E-state index in [1.165, 1.54) is 6.42 Å². The summed E-state index contributed by atoms with van der Waals surface area (Å²) in [5, 5.41) is 8.20. The molecule has 1 N–H and O–H groups in total. The van der Waals surface area contributed by atoms with Crippen LogP contribution in [-0.4, -0.2) is 16.0 Å². The molecule has 0 bridgehead atoms. The van der Waals surface area contributed by atoms with Crippen molar-refractivity contribution in [2.45, 2.75) is 30.5 Å². The number of hydrogen-bond donors (Lipinski definition) is 1. The molecule has 0 atom stereocenters. The molecule has 0 spiro atoms. The minimum absolute atomic E-state index is 0.355. The SMILES string of the molecule is CCCCCO.ClC(Cl)Cl. The molecule has 0 amide bonds. The molecule has 64 valence electrons. The van der Waals surface area contributed by atoms with Crippen LogP contribution in [-0.2, 0) is 0 Å². The Bertz CT molecular complexity index is 43.5. The lowest BCUT2D eigenvalue weighted by Crippen LogP contribution is -1.78. The Morgan fingerprint density at radius 1 is 1.20 bits per heavy atom. The fraction of sp³-hybridized carbons (Fsp3) is 1.00. The zero-order valence-corrected chi connectivity index (χ0v) is 8.25. The monoisotopic (exact) mass is 206 g/mol. The Morgan fingerprint density at radius 3 is 1.70 bits per heavy atom. The number of unbranched alkanes of at least 4 members (excludes halogenated alkanes) is 2. The normalized spacial score (nSPS) is 9.00. The van der Waals surface area contributed by atoms with Crippen LogP contribution in [0.2, 0.25) is 0 Å². The van der Waals surface area contributed by atoms with Crippen molar-refractivity contribution in [1.82, 2.24) is 0 Å². The van der Waals surface area contributed by atoms with Crippen molar-refractivity contribution < 1.29 is 5.11 Å². The quantitative estimate of drug-likeness (QED) is 0.557. The molecule has 0 aliphatic carbocycles. The van der Waals surface area contributed by atoms with Crippen molar-refractivity contribution in [3.8, 4) is 0 Å². The van der Waals surface area contributed by atoms with Gasteiger partial charge in [0.1, 0.15) is 0 Å². The van der Waals surface area contributed by atoms with E-state index in [2.05, 4.69) is 6.92 Å². The predicted molar refractivity (Wildman–Crippen MR) is 48.0 cm³/mol. The van der Waals surface area contributed by atoms with Gasteiger partial charge in [-0.15, -0.1) is 0 Å². The van der Waals surface area contributed by atoms with E-state index in [-0.39, 0.29) is 0 Å². The molecule has 0 radical (unpaired) electrons. The van der Waals surface area contributed by atoms with Crippen molar-refractivity contribution in [2.75, 3.05) is 6.61 Å². The van der Waals surface area contributed by atoms with Crippen LogP contribution in [0, 0.1) is 0 Å². The maximum Gasteiger partial charge on any atom is 0.180 e. The van der Waals surface area contributed by atoms with E-state index in [1.807, 2.05) is 0 Å². The van der Waals surface area contributed by atoms with Crippen molar-refractivity contribution >= 4 is 34.8 Å². The molecule has 0 unspecified atom stereocenters. The standard InChI is InChI=1S/C5H12O.CHCl3/c1-2-3-4-5-6;2-1(3)4/h6H,2-5H2,1H3;1H. The first kappa shape index (κ1) is 13.4. The number of hydrogen-bond acceptors (Lipinski definition) is 1. The summed E-state index contributed by atoms with van der Waals surface area (Å²) in [6, 6.07) is 0. The minimum atomic E-state index is -0.750. The number of alkyl halides is 3. The molecule has 0 aliphatic rings. The van der Waals surface area contributed by atoms with Crippen molar-refractivity contribution in [2.24, 2.45) is 0 Å². The molecule has 0 saturated carbocycles. The largest absolute Gasteiger partial charge is 0.396 e. The van der Waals surface area contributed by atoms with Gasteiger partial charge in [-0.25, -0.2) is 0 Å². The second-order valence-corrected chi connectivity index (χ2v) is 3.66. The van der Waals surface area contributed by atoms with Crippen molar-refractivity contribution in [3.63, 3.8) is 0 Å². The Kier molecular flexibility index (Phi) is 16.8. The second kappa shape index (κ2) is 12.5. The summed E-state index contributed by atoms with van der Waals surface area (Å²) in [5.74, 6) is 0. The Labute approximate surface area is 77.3 Å². The number of halogens is 3. The lowest BCUT2D eigenvalue weighted by molar-refractivity contribution is 0.284. The maximum absolute atomic E-state index is 8.20. The summed E-state index contributed by atoms with van der Waals surface area (Å²) < 4.78 is -0.750. The summed E-state index contributed by atoms with van der Waals surface area (Å²) in [6.45, 7) is 2.48. The first-order chi connectivity index (χ1) is 4.65. The molecule has 0 aromatic rings. The number of rotatable bonds is 3. The Hall–Kier alpha value is 0.830. The van der Waals surface area contributed by atoms with Crippen LogP contribution in [0.1, 0.15) is 26.2 Å². The van der Waals surface area contributed by atoms with Gasteiger partial charge in [0.25, 0.3) is 0 Å². The average molecular weight is 208 g/mol. The fourth-order valence-electron chi connectivity index (χ4n) is 0.362. The van der Waals surface area contributed by atoms with Gasteiger partial charge in [0.05, 0.1) is 0 Å². The van der Waals surface area contributed by atoms with E-state index in [4.69, 9.17) is 39.9 Å². The van der Waals surface area contributed by atoms with Crippen LogP contribution in [0.3, 0.4) is 0 Å². The molecule has 0 rings (SSSR count). The van der Waals surface area contributed by atoms with Crippen molar-refractivity contribution in [3.05, 3.63) is 0 Å². The lowest BCUT2D eigenvalue weighted by Gasteiger charge is -1.85. The summed E-state index contributed by atoms with van der Waals surface area (Å²) in [7, 11) is 0.